The molecule has 0 aliphatic carbocycles. The van der Waals surface area contributed by atoms with Gasteiger partial charge < -0.3 is 4.74 Å². The number of amides is 1. The molecule has 96 valence electrons. The van der Waals surface area contributed by atoms with Crippen LogP contribution in [0.4, 0.5) is 0 Å². The lowest BCUT2D eigenvalue weighted by Crippen LogP contribution is -2.25. The molecule has 0 saturated carbocycles. The third-order valence-electron chi connectivity index (χ3n) is 2.52. The number of halogens is 2. The van der Waals surface area contributed by atoms with E-state index in [-0.39, 0.29) is 5.91 Å². The molecule has 1 amide bonds. The van der Waals surface area contributed by atoms with Gasteiger partial charge in [0.25, 0.3) is 0 Å². The highest BCUT2D eigenvalue weighted by molar-refractivity contribution is 6.37. The van der Waals surface area contributed by atoms with E-state index < -0.39 is 0 Å². The Morgan fingerprint density at radius 3 is 2.50 bits per heavy atom. The maximum absolute atomic E-state index is 11.0. The lowest BCUT2D eigenvalue weighted by molar-refractivity contribution is -0.121. The van der Waals surface area contributed by atoms with E-state index in [4.69, 9.17) is 27.9 Å². The molecule has 0 bridgehead atoms. The zero-order valence-electron chi connectivity index (χ0n) is 9.80. The number of benzene rings is 1. The van der Waals surface area contributed by atoms with Crippen LogP contribution >= 0.6 is 23.2 Å². The molecule has 0 spiro atoms. The molecular formula is C12H12Cl2N2O2. The van der Waals surface area contributed by atoms with Gasteiger partial charge in [-0.05, 0) is 19.1 Å². The summed E-state index contributed by atoms with van der Waals surface area (Å²) in [5.74, 6) is 0.395. The molecule has 18 heavy (non-hydrogen) atoms. The van der Waals surface area contributed by atoms with Crippen molar-refractivity contribution < 1.29 is 9.53 Å². The van der Waals surface area contributed by atoms with Crippen molar-refractivity contribution in [2.75, 3.05) is 6.61 Å². The lowest BCUT2D eigenvalue weighted by atomic mass is 10.0. The molecule has 0 unspecified atom stereocenters. The predicted molar refractivity (Wildman–Crippen MR) is 71.5 cm³/mol. The molecular weight excluding hydrogens is 275 g/mol. The SMILES string of the molecule is CCOc1c(Cl)cc(C2=NNC(=O)CC2)cc1Cl. The van der Waals surface area contributed by atoms with Crippen LogP contribution in [0.15, 0.2) is 17.2 Å². The number of rotatable bonds is 3. The first-order valence-electron chi connectivity index (χ1n) is 5.59. The summed E-state index contributed by atoms with van der Waals surface area (Å²) in [6, 6.07) is 3.49. The highest BCUT2D eigenvalue weighted by Crippen LogP contribution is 2.34. The smallest absolute Gasteiger partial charge is 0.240 e. The first-order valence-corrected chi connectivity index (χ1v) is 6.35. The number of carbonyl (C=O) groups is 1. The van der Waals surface area contributed by atoms with E-state index in [1.807, 2.05) is 6.92 Å². The maximum Gasteiger partial charge on any atom is 0.240 e. The summed E-state index contributed by atoms with van der Waals surface area (Å²) in [7, 11) is 0. The fourth-order valence-electron chi connectivity index (χ4n) is 1.69. The van der Waals surface area contributed by atoms with Crippen molar-refractivity contribution in [3.8, 4) is 5.75 Å². The minimum atomic E-state index is -0.0816. The van der Waals surface area contributed by atoms with Gasteiger partial charge in [-0.3, -0.25) is 4.79 Å². The minimum absolute atomic E-state index is 0.0816. The number of carbonyl (C=O) groups excluding carboxylic acids is 1. The largest absolute Gasteiger partial charge is 0.491 e. The van der Waals surface area contributed by atoms with E-state index in [2.05, 4.69) is 10.5 Å². The Hall–Kier alpha value is -1.26. The van der Waals surface area contributed by atoms with Crippen LogP contribution in [0.3, 0.4) is 0 Å². The van der Waals surface area contributed by atoms with Crippen LogP contribution in [0.5, 0.6) is 5.75 Å². The number of nitrogens with zero attached hydrogens (tertiary/aromatic N) is 1. The fraction of sp³-hybridized carbons (Fsp3) is 0.333. The molecule has 6 heteroatoms. The summed E-state index contributed by atoms with van der Waals surface area (Å²) in [5.41, 5.74) is 4.01. The second kappa shape index (κ2) is 5.59. The number of hydrogen-bond donors (Lipinski definition) is 1. The average molecular weight is 287 g/mol. The Bertz CT molecular complexity index is 492. The van der Waals surface area contributed by atoms with Crippen molar-refractivity contribution in [1.29, 1.82) is 0 Å². The van der Waals surface area contributed by atoms with E-state index >= 15 is 0 Å². The van der Waals surface area contributed by atoms with Gasteiger partial charge in [-0.2, -0.15) is 5.10 Å². The zero-order chi connectivity index (χ0) is 13.1. The summed E-state index contributed by atoms with van der Waals surface area (Å²) in [6.45, 7) is 2.36. The Kier molecular flexibility index (Phi) is 4.09. The second-order valence-corrected chi connectivity index (χ2v) is 4.61. The standard InChI is InChI=1S/C12H12Cl2N2O2/c1-2-18-12-8(13)5-7(6-9(12)14)10-3-4-11(17)16-15-10/h5-6H,2-4H2,1H3,(H,16,17). The van der Waals surface area contributed by atoms with Gasteiger partial charge in [0.2, 0.25) is 5.91 Å². The molecule has 0 atom stereocenters. The molecule has 1 heterocycles. The van der Waals surface area contributed by atoms with Crippen LogP contribution in [-0.2, 0) is 4.79 Å². The Balaban J connectivity index is 2.33. The maximum atomic E-state index is 11.0. The number of hydrogen-bond acceptors (Lipinski definition) is 3. The number of hydrazone groups is 1. The van der Waals surface area contributed by atoms with E-state index in [0.717, 1.165) is 11.3 Å². The first-order chi connectivity index (χ1) is 8.61. The average Bonchev–Trinajstić information content (AvgIpc) is 2.34. The summed E-state index contributed by atoms with van der Waals surface area (Å²) >= 11 is 12.2. The molecule has 1 N–H and O–H groups in total. The second-order valence-electron chi connectivity index (χ2n) is 3.80. The number of ether oxygens (including phenoxy) is 1. The molecule has 1 aromatic carbocycles. The van der Waals surface area contributed by atoms with Gasteiger partial charge in [0.05, 0.1) is 22.4 Å². The zero-order valence-corrected chi connectivity index (χ0v) is 11.3. The molecule has 2 rings (SSSR count). The molecule has 0 aromatic heterocycles. The summed E-state index contributed by atoms with van der Waals surface area (Å²) in [4.78, 5) is 11.0. The fourth-order valence-corrected chi connectivity index (χ4v) is 2.29. The quantitative estimate of drug-likeness (QED) is 0.929. The minimum Gasteiger partial charge on any atom is -0.491 e. The monoisotopic (exact) mass is 286 g/mol. The van der Waals surface area contributed by atoms with Crippen LogP contribution in [0, 0.1) is 0 Å². The van der Waals surface area contributed by atoms with E-state index in [1.165, 1.54) is 0 Å². The molecule has 1 aliphatic rings. The molecule has 0 fully saturated rings. The summed E-state index contributed by atoms with van der Waals surface area (Å²) < 4.78 is 5.35. The van der Waals surface area contributed by atoms with E-state index in [9.17, 15) is 4.79 Å². The molecule has 0 radical (unpaired) electrons. The lowest BCUT2D eigenvalue weighted by Gasteiger charge is -2.14. The van der Waals surface area contributed by atoms with Gasteiger partial charge in [0.1, 0.15) is 0 Å². The van der Waals surface area contributed by atoms with Gasteiger partial charge in [-0.15, -0.1) is 0 Å². The summed E-state index contributed by atoms with van der Waals surface area (Å²) in [5, 5.41) is 4.88. The van der Waals surface area contributed by atoms with Crippen molar-refractivity contribution in [2.45, 2.75) is 19.8 Å². The van der Waals surface area contributed by atoms with Crippen molar-refractivity contribution in [2.24, 2.45) is 5.10 Å². The topological polar surface area (TPSA) is 50.7 Å². The van der Waals surface area contributed by atoms with Crippen LogP contribution < -0.4 is 10.2 Å². The Labute approximate surface area is 115 Å². The van der Waals surface area contributed by atoms with Crippen LogP contribution in [-0.4, -0.2) is 18.2 Å². The molecule has 1 aliphatic heterocycles. The van der Waals surface area contributed by atoms with Gasteiger partial charge >= 0.3 is 0 Å². The van der Waals surface area contributed by atoms with Gasteiger partial charge in [0, 0.05) is 18.4 Å². The van der Waals surface area contributed by atoms with Crippen LogP contribution in [0.2, 0.25) is 10.0 Å². The third-order valence-corrected chi connectivity index (χ3v) is 3.09. The van der Waals surface area contributed by atoms with E-state index in [1.54, 1.807) is 12.1 Å². The van der Waals surface area contributed by atoms with E-state index in [0.29, 0.717) is 35.2 Å². The van der Waals surface area contributed by atoms with Gasteiger partial charge in [0.15, 0.2) is 5.75 Å². The Morgan fingerprint density at radius 1 is 1.33 bits per heavy atom. The van der Waals surface area contributed by atoms with Gasteiger partial charge in [-0.25, -0.2) is 5.43 Å². The first kappa shape index (κ1) is 13.2. The summed E-state index contributed by atoms with van der Waals surface area (Å²) in [6.07, 6.45) is 0.994. The normalized spacial score (nSPS) is 15.1. The molecule has 0 saturated heterocycles. The van der Waals surface area contributed by atoms with Crippen LogP contribution in [0.25, 0.3) is 0 Å². The van der Waals surface area contributed by atoms with Crippen molar-refractivity contribution in [3.05, 3.63) is 27.7 Å². The van der Waals surface area contributed by atoms with Crippen molar-refractivity contribution >= 4 is 34.8 Å². The highest BCUT2D eigenvalue weighted by Gasteiger charge is 2.16. The van der Waals surface area contributed by atoms with Crippen LogP contribution in [0.1, 0.15) is 25.3 Å². The third kappa shape index (κ3) is 2.76. The highest BCUT2D eigenvalue weighted by atomic mass is 35.5. The molecule has 1 aromatic rings. The van der Waals surface area contributed by atoms with Gasteiger partial charge in [-0.1, -0.05) is 23.2 Å². The predicted octanol–water partition coefficient (Wildman–Crippen LogP) is 3.01. The Morgan fingerprint density at radius 2 is 2.00 bits per heavy atom. The van der Waals surface area contributed by atoms with Crippen molar-refractivity contribution in [1.82, 2.24) is 5.43 Å². The molecule has 4 nitrogen and oxygen atoms in total. The van der Waals surface area contributed by atoms with Crippen molar-refractivity contribution in [3.63, 3.8) is 0 Å². The number of nitrogens with one attached hydrogen (secondary N) is 1.